The van der Waals surface area contributed by atoms with Crippen molar-refractivity contribution in [2.24, 2.45) is 17.8 Å². The van der Waals surface area contributed by atoms with Gasteiger partial charge in [0, 0.05) is 11.1 Å². The first-order valence-corrected chi connectivity index (χ1v) is 8.10. The molecule has 1 saturated carbocycles. The standard InChI is InChI=1S/C19H25NO/c1-12-4-6-16(10-13(12)2)19(21)17-8-9-18-15(11-17)7-5-14(3)20-18/h5,7-9,11-13,16,19,21H,4,6,10H2,1-3H3. The van der Waals surface area contributed by atoms with Gasteiger partial charge in [-0.1, -0.05) is 32.4 Å². The van der Waals surface area contributed by atoms with Crippen LogP contribution in [-0.2, 0) is 0 Å². The lowest BCUT2D eigenvalue weighted by atomic mass is 9.73. The van der Waals surface area contributed by atoms with Crippen molar-refractivity contribution in [3.05, 3.63) is 41.6 Å². The van der Waals surface area contributed by atoms with Crippen LogP contribution < -0.4 is 0 Å². The number of benzene rings is 1. The maximum absolute atomic E-state index is 10.7. The third-order valence-electron chi connectivity index (χ3n) is 5.28. The Morgan fingerprint density at radius 3 is 2.67 bits per heavy atom. The molecule has 0 radical (unpaired) electrons. The van der Waals surface area contributed by atoms with Crippen LogP contribution in [0.15, 0.2) is 30.3 Å². The predicted octanol–water partition coefficient (Wildman–Crippen LogP) is 4.65. The number of aliphatic hydroxyl groups excluding tert-OH is 1. The van der Waals surface area contributed by atoms with E-state index in [4.69, 9.17) is 0 Å². The summed E-state index contributed by atoms with van der Waals surface area (Å²) in [5.41, 5.74) is 3.09. The molecule has 2 aromatic rings. The maximum atomic E-state index is 10.7. The molecule has 0 saturated heterocycles. The molecule has 1 aromatic heterocycles. The second-order valence-electron chi connectivity index (χ2n) is 6.88. The van der Waals surface area contributed by atoms with E-state index in [1.54, 1.807) is 0 Å². The van der Waals surface area contributed by atoms with E-state index < -0.39 is 0 Å². The first-order chi connectivity index (χ1) is 10.0. The third kappa shape index (κ3) is 2.96. The first kappa shape index (κ1) is 14.5. The summed E-state index contributed by atoms with van der Waals surface area (Å²) in [6.45, 7) is 6.65. The molecule has 21 heavy (non-hydrogen) atoms. The van der Waals surface area contributed by atoms with Crippen molar-refractivity contribution in [1.82, 2.24) is 4.98 Å². The zero-order valence-corrected chi connectivity index (χ0v) is 13.2. The van der Waals surface area contributed by atoms with E-state index in [9.17, 15) is 5.11 Å². The molecule has 1 fully saturated rings. The highest BCUT2D eigenvalue weighted by Crippen LogP contribution is 2.40. The molecule has 4 atom stereocenters. The number of pyridine rings is 1. The molecule has 2 nitrogen and oxygen atoms in total. The summed E-state index contributed by atoms with van der Waals surface area (Å²) in [6.07, 6.45) is 3.16. The van der Waals surface area contributed by atoms with Gasteiger partial charge in [0.15, 0.2) is 0 Å². The van der Waals surface area contributed by atoms with E-state index in [0.29, 0.717) is 11.8 Å². The van der Waals surface area contributed by atoms with Crippen molar-refractivity contribution >= 4 is 10.9 Å². The Morgan fingerprint density at radius 2 is 1.90 bits per heavy atom. The molecule has 1 aliphatic rings. The van der Waals surface area contributed by atoms with E-state index in [-0.39, 0.29) is 6.10 Å². The molecule has 0 spiro atoms. The van der Waals surface area contributed by atoms with Crippen molar-refractivity contribution in [2.75, 3.05) is 0 Å². The lowest BCUT2D eigenvalue weighted by molar-refractivity contribution is 0.0562. The van der Waals surface area contributed by atoms with Crippen molar-refractivity contribution in [2.45, 2.75) is 46.1 Å². The summed E-state index contributed by atoms with van der Waals surface area (Å²) in [6, 6.07) is 10.3. The Morgan fingerprint density at radius 1 is 1.10 bits per heavy atom. The highest BCUT2D eigenvalue weighted by molar-refractivity contribution is 5.79. The molecule has 2 heteroatoms. The predicted molar refractivity (Wildman–Crippen MR) is 87.1 cm³/mol. The number of aromatic nitrogens is 1. The first-order valence-electron chi connectivity index (χ1n) is 8.10. The van der Waals surface area contributed by atoms with Gasteiger partial charge in [-0.25, -0.2) is 0 Å². The van der Waals surface area contributed by atoms with E-state index in [1.807, 2.05) is 25.1 Å². The second-order valence-corrected chi connectivity index (χ2v) is 6.88. The number of fused-ring (bicyclic) bond motifs is 1. The smallest absolute Gasteiger partial charge is 0.0818 e. The zero-order valence-electron chi connectivity index (χ0n) is 13.2. The van der Waals surface area contributed by atoms with Crippen LogP contribution in [0.5, 0.6) is 0 Å². The molecule has 112 valence electrons. The highest BCUT2D eigenvalue weighted by Gasteiger charge is 2.29. The fourth-order valence-corrected chi connectivity index (χ4v) is 3.58. The molecule has 0 bridgehead atoms. The minimum absolute atomic E-state index is 0.342. The van der Waals surface area contributed by atoms with E-state index in [0.717, 1.165) is 40.9 Å². The van der Waals surface area contributed by atoms with Crippen LogP contribution in [0.4, 0.5) is 0 Å². The van der Waals surface area contributed by atoms with Gasteiger partial charge in [-0.3, -0.25) is 4.98 Å². The molecule has 1 aliphatic carbocycles. The molecule has 0 amide bonds. The van der Waals surface area contributed by atoms with Crippen LogP contribution in [0, 0.1) is 24.7 Å². The highest BCUT2D eigenvalue weighted by atomic mass is 16.3. The fraction of sp³-hybridized carbons (Fsp3) is 0.526. The summed E-state index contributed by atoms with van der Waals surface area (Å²) in [5.74, 6) is 1.90. The molecule has 1 N–H and O–H groups in total. The number of nitrogens with zero attached hydrogens (tertiary/aromatic N) is 1. The fourth-order valence-electron chi connectivity index (χ4n) is 3.58. The van der Waals surface area contributed by atoms with Crippen molar-refractivity contribution in [3.63, 3.8) is 0 Å². The third-order valence-corrected chi connectivity index (χ3v) is 5.28. The van der Waals surface area contributed by atoms with E-state index in [2.05, 4.69) is 31.0 Å². The Bertz CT molecular complexity index is 636. The maximum Gasteiger partial charge on any atom is 0.0818 e. The normalized spacial score (nSPS) is 27.7. The lowest BCUT2D eigenvalue weighted by Crippen LogP contribution is -2.25. The molecule has 1 aromatic carbocycles. The summed E-state index contributed by atoms with van der Waals surface area (Å²) in [4.78, 5) is 4.53. The zero-order chi connectivity index (χ0) is 15.0. The van der Waals surface area contributed by atoms with Gasteiger partial charge in [-0.05, 0) is 61.3 Å². The quantitative estimate of drug-likeness (QED) is 0.870. The SMILES string of the molecule is Cc1ccc2cc(C(O)C3CCC(C)C(C)C3)ccc2n1. The van der Waals surface area contributed by atoms with Crippen LogP contribution >= 0.6 is 0 Å². The minimum Gasteiger partial charge on any atom is -0.388 e. The monoisotopic (exact) mass is 283 g/mol. The average Bonchev–Trinajstić information content (AvgIpc) is 2.49. The van der Waals surface area contributed by atoms with Crippen LogP contribution in [0.1, 0.15) is 50.5 Å². The number of aryl methyl sites for hydroxylation is 1. The topological polar surface area (TPSA) is 33.1 Å². The molecule has 4 unspecified atom stereocenters. The van der Waals surface area contributed by atoms with E-state index >= 15 is 0 Å². The molecule has 1 heterocycles. The lowest BCUT2D eigenvalue weighted by Gasteiger charge is -2.34. The number of rotatable bonds is 2. The van der Waals surface area contributed by atoms with Crippen LogP contribution in [0.3, 0.4) is 0 Å². The molecular formula is C19H25NO. The van der Waals surface area contributed by atoms with Crippen molar-refractivity contribution < 1.29 is 5.11 Å². The number of hydrogen-bond donors (Lipinski definition) is 1. The summed E-state index contributed by atoms with van der Waals surface area (Å²) in [5, 5.41) is 11.9. The van der Waals surface area contributed by atoms with Gasteiger partial charge in [0.2, 0.25) is 0 Å². The number of hydrogen-bond acceptors (Lipinski definition) is 2. The van der Waals surface area contributed by atoms with Gasteiger partial charge < -0.3 is 5.11 Å². The Labute approximate surface area is 127 Å². The van der Waals surface area contributed by atoms with Gasteiger partial charge in [-0.2, -0.15) is 0 Å². The summed E-state index contributed by atoms with van der Waals surface area (Å²) >= 11 is 0. The van der Waals surface area contributed by atoms with Crippen LogP contribution in [-0.4, -0.2) is 10.1 Å². The van der Waals surface area contributed by atoms with Gasteiger partial charge in [0.05, 0.1) is 11.6 Å². The Kier molecular flexibility index (Phi) is 3.99. The molecule has 3 rings (SSSR count). The van der Waals surface area contributed by atoms with E-state index in [1.165, 1.54) is 6.42 Å². The second kappa shape index (κ2) is 5.76. The van der Waals surface area contributed by atoms with Crippen molar-refractivity contribution in [3.8, 4) is 0 Å². The van der Waals surface area contributed by atoms with Crippen molar-refractivity contribution in [1.29, 1.82) is 0 Å². The van der Waals surface area contributed by atoms with Gasteiger partial charge in [0.1, 0.15) is 0 Å². The number of aliphatic hydroxyl groups is 1. The summed E-state index contributed by atoms with van der Waals surface area (Å²) in [7, 11) is 0. The minimum atomic E-state index is -0.342. The van der Waals surface area contributed by atoms with Crippen LogP contribution in [0.2, 0.25) is 0 Å². The average molecular weight is 283 g/mol. The molecule has 0 aliphatic heterocycles. The largest absolute Gasteiger partial charge is 0.388 e. The summed E-state index contributed by atoms with van der Waals surface area (Å²) < 4.78 is 0. The Hall–Kier alpha value is -1.41. The van der Waals surface area contributed by atoms with Gasteiger partial charge in [0.25, 0.3) is 0 Å². The van der Waals surface area contributed by atoms with Gasteiger partial charge in [-0.15, -0.1) is 0 Å². The van der Waals surface area contributed by atoms with Gasteiger partial charge >= 0.3 is 0 Å². The van der Waals surface area contributed by atoms with Crippen LogP contribution in [0.25, 0.3) is 10.9 Å². The Balaban J connectivity index is 1.84. The molecular weight excluding hydrogens is 258 g/mol.